The second-order valence-electron chi connectivity index (χ2n) is 7.48. The highest BCUT2D eigenvalue weighted by Gasteiger charge is 2.28. The number of hydrogen-bond donors (Lipinski definition) is 2. The molecule has 2 aromatic rings. The van der Waals surface area contributed by atoms with E-state index in [2.05, 4.69) is 23.9 Å². The summed E-state index contributed by atoms with van der Waals surface area (Å²) in [5.74, 6) is 0.854. The molecule has 5 nitrogen and oxygen atoms in total. The molecule has 3 atom stereocenters. The first-order chi connectivity index (χ1) is 13.3. The summed E-state index contributed by atoms with van der Waals surface area (Å²) < 4.78 is 27.5. The molecule has 1 aliphatic rings. The number of halogens is 1. The average Bonchev–Trinajstić information content (AvgIpc) is 2.67. The van der Waals surface area contributed by atoms with Crippen molar-refractivity contribution < 1.29 is 13.2 Å². The molecule has 2 N–H and O–H groups in total. The lowest BCUT2D eigenvalue weighted by molar-refractivity contribution is 0.0891. The fourth-order valence-electron chi connectivity index (χ4n) is 3.55. The van der Waals surface area contributed by atoms with Gasteiger partial charge in [0.15, 0.2) is 0 Å². The fraction of sp³-hybridized carbons (Fsp3) is 0.381. The van der Waals surface area contributed by atoms with Crippen LogP contribution >= 0.6 is 11.6 Å². The number of hydrogen-bond acceptors (Lipinski definition) is 3. The fourth-order valence-corrected chi connectivity index (χ4v) is 4.74. The van der Waals surface area contributed by atoms with E-state index in [1.165, 1.54) is 18.6 Å². The van der Waals surface area contributed by atoms with E-state index in [0.29, 0.717) is 28.1 Å². The SMILES string of the molecule is CC1CCCC(NC(=O)c2ccc(S(=O)(=O)Nc3ccc(Cl)cc3)cc2)C1C. The second-order valence-corrected chi connectivity index (χ2v) is 9.60. The number of anilines is 1. The third-order valence-corrected chi connectivity index (χ3v) is 7.20. The van der Waals surface area contributed by atoms with Gasteiger partial charge in [0, 0.05) is 22.3 Å². The molecule has 1 fully saturated rings. The molecule has 0 bridgehead atoms. The largest absolute Gasteiger partial charge is 0.349 e. The maximum atomic E-state index is 12.6. The summed E-state index contributed by atoms with van der Waals surface area (Å²) in [7, 11) is -3.74. The van der Waals surface area contributed by atoms with Crippen LogP contribution in [-0.4, -0.2) is 20.4 Å². The Morgan fingerprint density at radius 1 is 1.00 bits per heavy atom. The van der Waals surface area contributed by atoms with Crippen molar-refractivity contribution in [3.63, 3.8) is 0 Å². The monoisotopic (exact) mass is 420 g/mol. The molecule has 7 heteroatoms. The van der Waals surface area contributed by atoms with Crippen molar-refractivity contribution in [1.29, 1.82) is 0 Å². The smallest absolute Gasteiger partial charge is 0.261 e. The first-order valence-electron chi connectivity index (χ1n) is 9.45. The Morgan fingerprint density at radius 2 is 1.64 bits per heavy atom. The average molecular weight is 421 g/mol. The molecule has 0 heterocycles. The van der Waals surface area contributed by atoms with Crippen molar-refractivity contribution in [3.05, 3.63) is 59.1 Å². The summed E-state index contributed by atoms with van der Waals surface area (Å²) in [5, 5.41) is 3.63. The van der Waals surface area contributed by atoms with Crippen molar-refractivity contribution in [2.45, 2.75) is 44.0 Å². The molecule has 3 rings (SSSR count). The van der Waals surface area contributed by atoms with Crippen molar-refractivity contribution >= 4 is 33.2 Å². The van der Waals surface area contributed by atoms with E-state index in [4.69, 9.17) is 11.6 Å². The molecule has 150 valence electrons. The molecule has 1 saturated carbocycles. The van der Waals surface area contributed by atoms with E-state index >= 15 is 0 Å². The van der Waals surface area contributed by atoms with Gasteiger partial charge in [-0.1, -0.05) is 38.3 Å². The molecule has 3 unspecified atom stereocenters. The number of carbonyl (C=O) groups is 1. The van der Waals surface area contributed by atoms with Crippen LogP contribution in [0.3, 0.4) is 0 Å². The summed E-state index contributed by atoms with van der Waals surface area (Å²) in [4.78, 5) is 12.7. The zero-order chi connectivity index (χ0) is 20.3. The third kappa shape index (κ3) is 4.86. The molecule has 0 aromatic heterocycles. The van der Waals surface area contributed by atoms with Crippen LogP contribution in [0.2, 0.25) is 5.02 Å². The Labute approximate surface area is 171 Å². The lowest BCUT2D eigenvalue weighted by Gasteiger charge is -2.34. The highest BCUT2D eigenvalue weighted by molar-refractivity contribution is 7.92. The number of carbonyl (C=O) groups excluding carboxylic acids is 1. The van der Waals surface area contributed by atoms with E-state index in [1.54, 1.807) is 36.4 Å². The summed E-state index contributed by atoms with van der Waals surface area (Å²) >= 11 is 5.82. The van der Waals surface area contributed by atoms with Crippen LogP contribution in [0.4, 0.5) is 5.69 Å². The quantitative estimate of drug-likeness (QED) is 0.736. The molecule has 0 aliphatic heterocycles. The number of rotatable bonds is 5. The first kappa shape index (κ1) is 20.7. The minimum absolute atomic E-state index is 0.0960. The lowest BCUT2D eigenvalue weighted by atomic mass is 9.78. The zero-order valence-electron chi connectivity index (χ0n) is 16.0. The van der Waals surface area contributed by atoms with E-state index in [0.717, 1.165) is 12.8 Å². The Bertz CT molecular complexity index is 927. The van der Waals surface area contributed by atoms with Gasteiger partial charge in [-0.05, 0) is 66.8 Å². The van der Waals surface area contributed by atoms with Gasteiger partial charge in [0.05, 0.1) is 4.90 Å². The maximum Gasteiger partial charge on any atom is 0.261 e. The van der Waals surface area contributed by atoms with Crippen LogP contribution in [0.5, 0.6) is 0 Å². The number of amides is 1. The standard InChI is InChI=1S/C21H25ClN2O3S/c1-14-4-3-5-20(15(14)2)23-21(25)16-6-12-19(13-7-16)28(26,27)24-18-10-8-17(22)9-11-18/h6-15,20,24H,3-5H2,1-2H3,(H,23,25). The van der Waals surface area contributed by atoms with Gasteiger partial charge in [0.2, 0.25) is 0 Å². The van der Waals surface area contributed by atoms with Crippen LogP contribution in [-0.2, 0) is 10.0 Å². The van der Waals surface area contributed by atoms with E-state index in [9.17, 15) is 13.2 Å². The second kappa shape index (κ2) is 8.53. The molecule has 1 amide bonds. The van der Waals surface area contributed by atoms with Crippen LogP contribution in [0.1, 0.15) is 43.5 Å². The van der Waals surface area contributed by atoms with Gasteiger partial charge in [-0.25, -0.2) is 8.42 Å². The van der Waals surface area contributed by atoms with Crippen LogP contribution in [0.15, 0.2) is 53.4 Å². The normalized spacial score (nSPS) is 22.5. The predicted octanol–water partition coefficient (Wildman–Crippen LogP) is 4.70. The molecule has 0 saturated heterocycles. The number of sulfonamides is 1. The minimum Gasteiger partial charge on any atom is -0.349 e. The summed E-state index contributed by atoms with van der Waals surface area (Å²) in [6.45, 7) is 4.39. The minimum atomic E-state index is -3.74. The molecule has 0 radical (unpaired) electrons. The van der Waals surface area contributed by atoms with Gasteiger partial charge < -0.3 is 5.32 Å². The van der Waals surface area contributed by atoms with Crippen LogP contribution in [0.25, 0.3) is 0 Å². The highest BCUT2D eigenvalue weighted by Crippen LogP contribution is 2.29. The van der Waals surface area contributed by atoms with E-state index in [1.807, 2.05) is 0 Å². The van der Waals surface area contributed by atoms with Crippen molar-refractivity contribution in [1.82, 2.24) is 5.32 Å². The van der Waals surface area contributed by atoms with Crippen LogP contribution < -0.4 is 10.0 Å². The van der Waals surface area contributed by atoms with Gasteiger partial charge >= 0.3 is 0 Å². The predicted molar refractivity (Wildman–Crippen MR) is 112 cm³/mol. The van der Waals surface area contributed by atoms with Gasteiger partial charge in [0.25, 0.3) is 15.9 Å². The first-order valence-corrected chi connectivity index (χ1v) is 11.3. The molecule has 0 spiro atoms. The van der Waals surface area contributed by atoms with Crippen molar-refractivity contribution in [2.24, 2.45) is 11.8 Å². The van der Waals surface area contributed by atoms with Gasteiger partial charge in [0.1, 0.15) is 0 Å². The Kier molecular flexibility index (Phi) is 6.30. The number of nitrogens with one attached hydrogen (secondary N) is 2. The summed E-state index contributed by atoms with van der Waals surface area (Å²) in [6, 6.07) is 12.5. The van der Waals surface area contributed by atoms with Gasteiger partial charge in [-0.2, -0.15) is 0 Å². The van der Waals surface area contributed by atoms with E-state index in [-0.39, 0.29) is 16.8 Å². The molecule has 28 heavy (non-hydrogen) atoms. The van der Waals surface area contributed by atoms with Crippen molar-refractivity contribution in [2.75, 3.05) is 4.72 Å². The van der Waals surface area contributed by atoms with Crippen molar-refractivity contribution in [3.8, 4) is 0 Å². The molecule has 2 aromatic carbocycles. The molecular formula is C21H25ClN2O3S. The molecular weight excluding hydrogens is 396 g/mol. The van der Waals surface area contributed by atoms with Crippen LogP contribution in [0, 0.1) is 11.8 Å². The molecule has 1 aliphatic carbocycles. The summed E-state index contributed by atoms with van der Waals surface area (Å²) in [6.07, 6.45) is 3.29. The maximum absolute atomic E-state index is 12.6. The third-order valence-electron chi connectivity index (χ3n) is 5.55. The summed E-state index contributed by atoms with van der Waals surface area (Å²) in [5.41, 5.74) is 0.877. The highest BCUT2D eigenvalue weighted by atomic mass is 35.5. The van der Waals surface area contributed by atoms with Gasteiger partial charge in [-0.3, -0.25) is 9.52 Å². The topological polar surface area (TPSA) is 75.3 Å². The Hall–Kier alpha value is -2.05. The lowest BCUT2D eigenvalue weighted by Crippen LogP contribution is -2.43. The number of benzene rings is 2. The van der Waals surface area contributed by atoms with Gasteiger partial charge in [-0.15, -0.1) is 0 Å². The Morgan fingerprint density at radius 3 is 2.29 bits per heavy atom. The Balaban J connectivity index is 1.68. The zero-order valence-corrected chi connectivity index (χ0v) is 17.6. The van der Waals surface area contributed by atoms with E-state index < -0.39 is 10.0 Å².